The lowest BCUT2D eigenvalue weighted by Crippen LogP contribution is -2.61. The molecule has 0 radical (unpaired) electrons. The van der Waals surface area contributed by atoms with Crippen LogP contribution in [0, 0.1) is 5.82 Å². The van der Waals surface area contributed by atoms with Crippen LogP contribution in [0.15, 0.2) is 24.3 Å². The first kappa shape index (κ1) is 13.1. The summed E-state index contributed by atoms with van der Waals surface area (Å²) in [6.07, 6.45) is 2.96. The van der Waals surface area contributed by atoms with Gasteiger partial charge in [-0.05, 0) is 30.7 Å². The van der Waals surface area contributed by atoms with Crippen molar-refractivity contribution >= 4 is 23.6 Å². The molecule has 96 valence electrons. The van der Waals surface area contributed by atoms with Crippen molar-refractivity contribution in [2.24, 2.45) is 0 Å². The van der Waals surface area contributed by atoms with Crippen molar-refractivity contribution in [3.8, 4) is 0 Å². The van der Waals surface area contributed by atoms with E-state index in [4.69, 9.17) is 11.6 Å². The summed E-state index contributed by atoms with van der Waals surface area (Å²) in [4.78, 5) is 13.2. The van der Waals surface area contributed by atoms with Gasteiger partial charge in [-0.25, -0.2) is 4.39 Å². The van der Waals surface area contributed by atoms with Crippen molar-refractivity contribution in [1.29, 1.82) is 0 Å². The average Bonchev–Trinajstić information content (AvgIpc) is 2.27. The summed E-state index contributed by atoms with van der Waals surface area (Å²) in [5, 5.41) is 9.53. The number of carbonyl (C=O) groups is 1. The van der Waals surface area contributed by atoms with Gasteiger partial charge in [-0.1, -0.05) is 17.7 Å². The molecule has 0 bridgehead atoms. The molecule has 0 aromatic heterocycles. The lowest BCUT2D eigenvalue weighted by atomic mass is 9.97. The molecule has 0 aliphatic carbocycles. The second-order valence-electron chi connectivity index (χ2n) is 4.70. The highest BCUT2D eigenvalue weighted by Crippen LogP contribution is 2.21. The van der Waals surface area contributed by atoms with Crippen LogP contribution < -0.4 is 0 Å². The lowest BCUT2D eigenvalue weighted by Gasteiger charge is -2.43. The molecular formula is C13H13ClFNO2. The number of likely N-dealkylation sites (tertiary alicyclic amines) is 1. The van der Waals surface area contributed by atoms with Crippen molar-refractivity contribution in [2.45, 2.75) is 12.5 Å². The van der Waals surface area contributed by atoms with E-state index in [1.165, 1.54) is 29.2 Å². The molecule has 1 aromatic rings. The highest BCUT2D eigenvalue weighted by molar-refractivity contribution is 6.30. The summed E-state index contributed by atoms with van der Waals surface area (Å²) in [5.74, 6) is -0.666. The molecule has 1 fully saturated rings. The smallest absolute Gasteiger partial charge is 0.246 e. The first-order valence-corrected chi connectivity index (χ1v) is 5.90. The average molecular weight is 270 g/mol. The summed E-state index contributed by atoms with van der Waals surface area (Å²) in [6, 6.07) is 4.24. The highest BCUT2D eigenvalue weighted by atomic mass is 35.5. The van der Waals surface area contributed by atoms with Crippen LogP contribution in [0.1, 0.15) is 12.5 Å². The van der Waals surface area contributed by atoms with E-state index in [0.29, 0.717) is 18.7 Å². The Morgan fingerprint density at radius 3 is 2.78 bits per heavy atom. The zero-order valence-electron chi connectivity index (χ0n) is 9.86. The van der Waals surface area contributed by atoms with E-state index in [1.807, 2.05) is 0 Å². The third-order valence-electron chi connectivity index (χ3n) is 2.74. The Morgan fingerprint density at radius 2 is 2.22 bits per heavy atom. The minimum absolute atomic E-state index is 0.0245. The van der Waals surface area contributed by atoms with Gasteiger partial charge in [0.1, 0.15) is 5.82 Å². The number of hydrogen-bond donors (Lipinski definition) is 1. The van der Waals surface area contributed by atoms with Crippen LogP contribution in [0.25, 0.3) is 6.08 Å². The van der Waals surface area contributed by atoms with E-state index in [9.17, 15) is 14.3 Å². The topological polar surface area (TPSA) is 40.5 Å². The van der Waals surface area contributed by atoms with E-state index in [-0.39, 0.29) is 10.9 Å². The Hall–Kier alpha value is -1.39. The Bertz CT molecular complexity index is 506. The van der Waals surface area contributed by atoms with Crippen molar-refractivity contribution in [2.75, 3.05) is 13.1 Å². The van der Waals surface area contributed by atoms with Gasteiger partial charge in [-0.2, -0.15) is 0 Å². The first-order valence-electron chi connectivity index (χ1n) is 5.52. The van der Waals surface area contributed by atoms with Crippen molar-refractivity contribution in [3.05, 3.63) is 40.7 Å². The molecular weight excluding hydrogens is 257 g/mol. The van der Waals surface area contributed by atoms with Crippen LogP contribution in [0.4, 0.5) is 4.39 Å². The standard InChI is InChI=1S/C13H13ClFNO2/c1-13(18)7-16(8-13)12(17)5-3-9-2-4-11(15)10(14)6-9/h2-6,18H,7-8H2,1H3. The van der Waals surface area contributed by atoms with Crippen LogP contribution in [-0.2, 0) is 4.79 Å². The molecule has 1 amide bonds. The SMILES string of the molecule is CC1(O)CN(C(=O)C=Cc2ccc(F)c(Cl)c2)C1. The molecule has 0 atom stereocenters. The lowest BCUT2D eigenvalue weighted by molar-refractivity contribution is -0.146. The second kappa shape index (κ2) is 4.71. The van der Waals surface area contributed by atoms with Gasteiger partial charge < -0.3 is 10.0 Å². The van der Waals surface area contributed by atoms with Gasteiger partial charge in [0.05, 0.1) is 23.7 Å². The minimum Gasteiger partial charge on any atom is -0.386 e. The second-order valence-corrected chi connectivity index (χ2v) is 5.11. The number of aliphatic hydroxyl groups is 1. The third kappa shape index (κ3) is 2.89. The quantitative estimate of drug-likeness (QED) is 0.835. The number of β-amino-alcohol motifs (C(OH)–C–C–N with tert-alkyl or cyclic N) is 1. The molecule has 1 aliphatic heterocycles. The predicted octanol–water partition coefficient (Wildman–Crippen LogP) is 2.09. The number of rotatable bonds is 2. The maximum Gasteiger partial charge on any atom is 0.246 e. The summed E-state index contributed by atoms with van der Waals surface area (Å²) in [7, 11) is 0. The predicted molar refractivity (Wildman–Crippen MR) is 67.6 cm³/mol. The molecule has 1 saturated heterocycles. The number of amides is 1. The Labute approximate surface area is 109 Å². The Kier molecular flexibility index (Phi) is 3.41. The molecule has 1 aliphatic rings. The summed E-state index contributed by atoms with van der Waals surface area (Å²) < 4.78 is 12.9. The molecule has 18 heavy (non-hydrogen) atoms. The molecule has 3 nitrogen and oxygen atoms in total. The van der Waals surface area contributed by atoms with E-state index in [1.54, 1.807) is 13.0 Å². The third-order valence-corrected chi connectivity index (χ3v) is 3.03. The van der Waals surface area contributed by atoms with Crippen LogP contribution in [0.5, 0.6) is 0 Å². The molecule has 1 heterocycles. The van der Waals surface area contributed by atoms with Crippen LogP contribution >= 0.6 is 11.6 Å². The van der Waals surface area contributed by atoms with Crippen molar-refractivity contribution in [1.82, 2.24) is 4.90 Å². The highest BCUT2D eigenvalue weighted by Gasteiger charge is 2.38. The van der Waals surface area contributed by atoms with Crippen molar-refractivity contribution in [3.63, 3.8) is 0 Å². The normalized spacial score (nSPS) is 17.9. The van der Waals surface area contributed by atoms with Crippen LogP contribution in [-0.4, -0.2) is 34.6 Å². The fourth-order valence-electron chi connectivity index (χ4n) is 1.82. The molecule has 2 rings (SSSR count). The molecule has 1 N–H and O–H groups in total. The van der Waals surface area contributed by atoms with Gasteiger partial charge in [0, 0.05) is 6.08 Å². The number of halogens is 2. The van der Waals surface area contributed by atoms with Gasteiger partial charge in [0.25, 0.3) is 0 Å². The van der Waals surface area contributed by atoms with Crippen LogP contribution in [0.3, 0.4) is 0 Å². The fraction of sp³-hybridized carbons (Fsp3) is 0.308. The molecule has 5 heteroatoms. The van der Waals surface area contributed by atoms with Gasteiger partial charge in [0.15, 0.2) is 0 Å². The van der Waals surface area contributed by atoms with E-state index < -0.39 is 11.4 Å². The summed E-state index contributed by atoms with van der Waals surface area (Å²) >= 11 is 5.63. The maximum atomic E-state index is 12.9. The van der Waals surface area contributed by atoms with Crippen molar-refractivity contribution < 1.29 is 14.3 Å². The van der Waals surface area contributed by atoms with Gasteiger partial charge in [-0.3, -0.25) is 4.79 Å². The van der Waals surface area contributed by atoms with Crippen LogP contribution in [0.2, 0.25) is 5.02 Å². The zero-order chi connectivity index (χ0) is 13.3. The zero-order valence-corrected chi connectivity index (χ0v) is 10.6. The summed E-state index contributed by atoms with van der Waals surface area (Å²) in [6.45, 7) is 2.35. The largest absolute Gasteiger partial charge is 0.386 e. The van der Waals surface area contributed by atoms with Gasteiger partial charge in [-0.15, -0.1) is 0 Å². The molecule has 1 aromatic carbocycles. The molecule has 0 saturated carbocycles. The number of benzene rings is 1. The van der Waals surface area contributed by atoms with E-state index >= 15 is 0 Å². The maximum absolute atomic E-state index is 12.9. The Morgan fingerprint density at radius 1 is 1.56 bits per heavy atom. The number of hydrogen-bond acceptors (Lipinski definition) is 2. The fourth-order valence-corrected chi connectivity index (χ4v) is 2.01. The van der Waals surface area contributed by atoms with Gasteiger partial charge in [0.2, 0.25) is 5.91 Å². The number of nitrogens with zero attached hydrogens (tertiary/aromatic N) is 1. The number of carbonyl (C=O) groups excluding carboxylic acids is 1. The van der Waals surface area contributed by atoms with E-state index in [0.717, 1.165) is 0 Å². The van der Waals surface area contributed by atoms with E-state index in [2.05, 4.69) is 0 Å². The Balaban J connectivity index is 1.99. The monoisotopic (exact) mass is 269 g/mol. The van der Waals surface area contributed by atoms with Gasteiger partial charge >= 0.3 is 0 Å². The molecule has 0 spiro atoms. The molecule has 0 unspecified atom stereocenters. The minimum atomic E-state index is -0.775. The summed E-state index contributed by atoms with van der Waals surface area (Å²) in [5.41, 5.74) is -0.120. The first-order chi connectivity index (χ1) is 8.37.